The fourth-order valence-corrected chi connectivity index (χ4v) is 2.10. The van der Waals surface area contributed by atoms with E-state index in [-0.39, 0.29) is 5.91 Å². The largest absolute Gasteiger partial charge is 0.351 e. The molecule has 4 nitrogen and oxygen atoms in total. The van der Waals surface area contributed by atoms with Crippen molar-refractivity contribution in [2.24, 2.45) is 0 Å². The summed E-state index contributed by atoms with van der Waals surface area (Å²) >= 11 is 0. The lowest BCUT2D eigenvalue weighted by atomic mass is 10.0. The predicted molar refractivity (Wildman–Crippen MR) is 62.1 cm³/mol. The number of carbonyl (C=O) groups excluding carboxylic acids is 1. The fourth-order valence-electron chi connectivity index (χ4n) is 2.10. The van der Waals surface area contributed by atoms with E-state index in [1.807, 2.05) is 6.33 Å². The van der Waals surface area contributed by atoms with Gasteiger partial charge in [0, 0.05) is 18.8 Å². The maximum absolute atomic E-state index is 11.0. The zero-order chi connectivity index (χ0) is 11.4. The van der Waals surface area contributed by atoms with Crippen molar-refractivity contribution in [2.45, 2.75) is 32.2 Å². The van der Waals surface area contributed by atoms with Crippen molar-refractivity contribution in [1.29, 1.82) is 0 Å². The summed E-state index contributed by atoms with van der Waals surface area (Å²) in [6, 6.07) is 0. The van der Waals surface area contributed by atoms with E-state index in [1.165, 1.54) is 30.3 Å². The van der Waals surface area contributed by atoms with Gasteiger partial charge in [-0.25, -0.2) is 4.98 Å². The third kappa shape index (κ3) is 2.32. The van der Waals surface area contributed by atoms with Gasteiger partial charge >= 0.3 is 0 Å². The highest BCUT2D eigenvalue weighted by Crippen LogP contribution is 2.19. The number of aromatic nitrogens is 2. The molecule has 1 aromatic heterocycles. The highest BCUT2D eigenvalue weighted by molar-refractivity contribution is 5.86. The summed E-state index contributed by atoms with van der Waals surface area (Å²) in [4.78, 5) is 15.4. The third-order valence-corrected chi connectivity index (χ3v) is 2.95. The molecule has 1 aromatic rings. The van der Waals surface area contributed by atoms with Crippen LogP contribution in [0.3, 0.4) is 0 Å². The lowest BCUT2D eigenvalue weighted by Crippen LogP contribution is -2.25. The summed E-state index contributed by atoms with van der Waals surface area (Å²) in [5, 5.41) is 2.77. The van der Waals surface area contributed by atoms with E-state index in [2.05, 4.69) is 21.4 Å². The van der Waals surface area contributed by atoms with E-state index >= 15 is 0 Å². The Bertz CT molecular complexity index is 395. The second-order valence-electron chi connectivity index (χ2n) is 4.03. The lowest BCUT2D eigenvalue weighted by Gasteiger charge is -2.13. The first-order valence-electron chi connectivity index (χ1n) is 5.74. The summed E-state index contributed by atoms with van der Waals surface area (Å²) in [5.41, 5.74) is 2.58. The minimum Gasteiger partial charge on any atom is -0.351 e. The molecule has 0 saturated carbocycles. The lowest BCUT2D eigenvalue weighted by molar-refractivity contribution is -0.116. The monoisotopic (exact) mass is 219 g/mol. The predicted octanol–water partition coefficient (Wildman–Crippen LogP) is 1.06. The highest BCUT2D eigenvalue weighted by Gasteiger charge is 2.14. The normalized spacial score (nSPS) is 14.2. The van der Waals surface area contributed by atoms with Crippen LogP contribution >= 0.6 is 0 Å². The molecule has 0 spiro atoms. The van der Waals surface area contributed by atoms with Crippen molar-refractivity contribution in [3.8, 4) is 0 Å². The molecule has 0 atom stereocenters. The Labute approximate surface area is 95.4 Å². The molecule has 86 valence electrons. The molecule has 1 heterocycles. The molecule has 4 heteroatoms. The summed E-state index contributed by atoms with van der Waals surface area (Å²) in [6.45, 7) is 4.84. The number of hydrogen-bond donors (Lipinski definition) is 1. The van der Waals surface area contributed by atoms with Gasteiger partial charge in [-0.1, -0.05) is 6.58 Å². The Morgan fingerprint density at radius 2 is 2.38 bits per heavy atom. The van der Waals surface area contributed by atoms with E-state index in [0.29, 0.717) is 6.54 Å². The average Bonchev–Trinajstić information content (AvgIpc) is 2.73. The Morgan fingerprint density at radius 1 is 1.56 bits per heavy atom. The van der Waals surface area contributed by atoms with E-state index in [9.17, 15) is 4.79 Å². The van der Waals surface area contributed by atoms with Crippen molar-refractivity contribution in [3.05, 3.63) is 30.4 Å². The summed E-state index contributed by atoms with van der Waals surface area (Å²) < 4.78 is 2.15. The second kappa shape index (κ2) is 4.96. The first-order chi connectivity index (χ1) is 7.81. The van der Waals surface area contributed by atoms with Crippen LogP contribution in [0.1, 0.15) is 24.2 Å². The number of aryl methyl sites for hydroxylation is 1. The molecular formula is C12H17N3O. The smallest absolute Gasteiger partial charge is 0.243 e. The minimum atomic E-state index is -0.117. The summed E-state index contributed by atoms with van der Waals surface area (Å²) in [6.07, 6.45) is 7.89. The zero-order valence-electron chi connectivity index (χ0n) is 9.41. The van der Waals surface area contributed by atoms with Crippen molar-refractivity contribution >= 4 is 5.91 Å². The Kier molecular flexibility index (Phi) is 3.39. The van der Waals surface area contributed by atoms with Gasteiger partial charge < -0.3 is 9.88 Å². The van der Waals surface area contributed by atoms with Crippen LogP contribution in [0.5, 0.6) is 0 Å². The molecule has 0 radical (unpaired) electrons. The number of imidazole rings is 1. The van der Waals surface area contributed by atoms with Gasteiger partial charge in [0.05, 0.1) is 12.0 Å². The molecule has 0 unspecified atom stereocenters. The average molecular weight is 219 g/mol. The van der Waals surface area contributed by atoms with Gasteiger partial charge in [0.1, 0.15) is 0 Å². The van der Waals surface area contributed by atoms with Crippen LogP contribution in [0, 0.1) is 0 Å². The summed E-state index contributed by atoms with van der Waals surface area (Å²) in [5.74, 6) is -0.117. The standard InChI is InChI=1S/C12H17N3O/c1-2-12(16)13-7-8-15-9-14-10-5-3-4-6-11(10)15/h2,9H,1,3-8H2,(H,13,16). The van der Waals surface area contributed by atoms with Crippen molar-refractivity contribution in [3.63, 3.8) is 0 Å². The van der Waals surface area contributed by atoms with Crippen LogP contribution in [0.25, 0.3) is 0 Å². The van der Waals surface area contributed by atoms with Gasteiger partial charge in [0.2, 0.25) is 5.91 Å². The van der Waals surface area contributed by atoms with Gasteiger partial charge in [0.25, 0.3) is 0 Å². The number of nitrogens with zero attached hydrogens (tertiary/aromatic N) is 2. The molecule has 0 bridgehead atoms. The number of hydrogen-bond acceptors (Lipinski definition) is 2. The molecular weight excluding hydrogens is 202 g/mol. The molecule has 0 saturated heterocycles. The van der Waals surface area contributed by atoms with Gasteiger partial charge in [0.15, 0.2) is 0 Å². The van der Waals surface area contributed by atoms with Gasteiger partial charge in [-0.15, -0.1) is 0 Å². The number of fused-ring (bicyclic) bond motifs is 1. The highest BCUT2D eigenvalue weighted by atomic mass is 16.1. The Morgan fingerprint density at radius 3 is 3.19 bits per heavy atom. The van der Waals surface area contributed by atoms with Crippen LogP contribution in [-0.4, -0.2) is 22.0 Å². The fraction of sp³-hybridized carbons (Fsp3) is 0.500. The van der Waals surface area contributed by atoms with Crippen LogP contribution in [0.2, 0.25) is 0 Å². The minimum absolute atomic E-state index is 0.117. The summed E-state index contributed by atoms with van der Waals surface area (Å²) in [7, 11) is 0. The first-order valence-corrected chi connectivity index (χ1v) is 5.74. The van der Waals surface area contributed by atoms with Crippen molar-refractivity contribution < 1.29 is 4.79 Å². The maximum Gasteiger partial charge on any atom is 0.243 e. The quantitative estimate of drug-likeness (QED) is 0.770. The number of amides is 1. The van der Waals surface area contributed by atoms with Crippen LogP contribution in [0.4, 0.5) is 0 Å². The van der Waals surface area contributed by atoms with Crippen LogP contribution < -0.4 is 5.32 Å². The van der Waals surface area contributed by atoms with E-state index in [0.717, 1.165) is 19.4 Å². The van der Waals surface area contributed by atoms with Gasteiger partial charge in [-0.2, -0.15) is 0 Å². The SMILES string of the molecule is C=CC(=O)NCCn1cnc2c1CCCC2. The van der Waals surface area contributed by atoms with Crippen LogP contribution in [0.15, 0.2) is 19.0 Å². The van der Waals surface area contributed by atoms with E-state index in [4.69, 9.17) is 0 Å². The molecule has 1 aliphatic carbocycles. The molecule has 1 aliphatic rings. The molecule has 0 aromatic carbocycles. The van der Waals surface area contributed by atoms with Crippen molar-refractivity contribution in [2.75, 3.05) is 6.54 Å². The Hall–Kier alpha value is -1.58. The second-order valence-corrected chi connectivity index (χ2v) is 4.03. The Balaban J connectivity index is 1.92. The van der Waals surface area contributed by atoms with Gasteiger partial charge in [-0.3, -0.25) is 4.79 Å². The number of nitrogens with one attached hydrogen (secondary N) is 1. The third-order valence-electron chi connectivity index (χ3n) is 2.95. The molecule has 1 N–H and O–H groups in total. The van der Waals surface area contributed by atoms with Crippen LogP contribution in [-0.2, 0) is 24.2 Å². The molecule has 16 heavy (non-hydrogen) atoms. The topological polar surface area (TPSA) is 46.9 Å². The van der Waals surface area contributed by atoms with E-state index in [1.54, 1.807) is 0 Å². The zero-order valence-corrected chi connectivity index (χ0v) is 9.41. The molecule has 2 rings (SSSR count). The molecule has 0 aliphatic heterocycles. The van der Waals surface area contributed by atoms with E-state index < -0.39 is 0 Å². The molecule has 0 fully saturated rings. The first kappa shape index (κ1) is 10.9. The maximum atomic E-state index is 11.0. The molecule has 1 amide bonds. The number of carbonyl (C=O) groups is 1. The van der Waals surface area contributed by atoms with Crippen molar-refractivity contribution in [1.82, 2.24) is 14.9 Å². The number of rotatable bonds is 4. The van der Waals surface area contributed by atoms with Gasteiger partial charge in [-0.05, 0) is 31.8 Å².